The Morgan fingerprint density at radius 2 is 2.00 bits per heavy atom. The number of hydrogen-bond acceptors (Lipinski definition) is 3. The first-order valence-corrected chi connectivity index (χ1v) is 7.81. The van der Waals surface area contributed by atoms with Crippen LogP contribution in [0.25, 0.3) is 11.0 Å². The van der Waals surface area contributed by atoms with Gasteiger partial charge >= 0.3 is 0 Å². The fourth-order valence-electron chi connectivity index (χ4n) is 3.09. The maximum Gasteiger partial charge on any atom is 0.134 e. The number of likely N-dealkylation sites (tertiary alicyclic amines) is 1. The van der Waals surface area contributed by atoms with Crippen LogP contribution in [-0.2, 0) is 13.0 Å². The van der Waals surface area contributed by atoms with Gasteiger partial charge in [0.1, 0.15) is 11.3 Å². The summed E-state index contributed by atoms with van der Waals surface area (Å²) < 4.78 is 5.93. The largest absolute Gasteiger partial charge is 0.461 e. The van der Waals surface area contributed by atoms with Gasteiger partial charge in [0.05, 0.1) is 0 Å². The van der Waals surface area contributed by atoms with E-state index in [2.05, 4.69) is 35.3 Å². The fourth-order valence-corrected chi connectivity index (χ4v) is 3.09. The number of para-hydroxylation sites is 1. The second-order valence-electron chi connectivity index (χ2n) is 5.58. The van der Waals surface area contributed by atoms with E-state index in [1.54, 1.807) is 0 Å². The smallest absolute Gasteiger partial charge is 0.134 e. The monoisotopic (exact) mass is 272 g/mol. The van der Waals surface area contributed by atoms with Crippen LogP contribution in [0.2, 0.25) is 0 Å². The van der Waals surface area contributed by atoms with Crippen molar-refractivity contribution in [3.8, 4) is 0 Å². The van der Waals surface area contributed by atoms with Crippen molar-refractivity contribution in [1.82, 2.24) is 10.2 Å². The van der Waals surface area contributed by atoms with Crippen LogP contribution in [0.15, 0.2) is 28.7 Å². The molecule has 1 N–H and O–H groups in total. The van der Waals surface area contributed by atoms with Crippen LogP contribution in [-0.4, -0.2) is 31.1 Å². The molecule has 2 heterocycles. The predicted octanol–water partition coefficient (Wildman–Crippen LogP) is 3.18. The summed E-state index contributed by atoms with van der Waals surface area (Å²) in [6, 6.07) is 8.35. The molecule has 3 rings (SSSR count). The molecule has 3 nitrogen and oxygen atoms in total. The average Bonchev–Trinajstić information content (AvgIpc) is 3.11. The highest BCUT2D eigenvalue weighted by molar-refractivity contribution is 5.82. The van der Waals surface area contributed by atoms with Gasteiger partial charge in [0.15, 0.2) is 0 Å². The van der Waals surface area contributed by atoms with Gasteiger partial charge in [-0.2, -0.15) is 0 Å². The van der Waals surface area contributed by atoms with Crippen molar-refractivity contribution in [2.75, 3.05) is 26.2 Å². The first kappa shape index (κ1) is 13.7. The van der Waals surface area contributed by atoms with Crippen molar-refractivity contribution in [3.63, 3.8) is 0 Å². The van der Waals surface area contributed by atoms with Gasteiger partial charge in [-0.05, 0) is 32.0 Å². The Morgan fingerprint density at radius 3 is 2.80 bits per heavy atom. The van der Waals surface area contributed by atoms with Gasteiger partial charge in [-0.15, -0.1) is 0 Å². The summed E-state index contributed by atoms with van der Waals surface area (Å²) >= 11 is 0. The number of nitrogens with zero attached hydrogens (tertiary/aromatic N) is 1. The summed E-state index contributed by atoms with van der Waals surface area (Å²) in [4.78, 5) is 2.54. The number of hydrogen-bond donors (Lipinski definition) is 1. The van der Waals surface area contributed by atoms with Crippen molar-refractivity contribution in [2.24, 2.45) is 0 Å². The average molecular weight is 272 g/mol. The molecule has 0 unspecified atom stereocenters. The number of fused-ring (bicyclic) bond motifs is 1. The quantitative estimate of drug-likeness (QED) is 0.819. The maximum atomic E-state index is 5.93. The van der Waals surface area contributed by atoms with Crippen LogP contribution in [0.3, 0.4) is 0 Å². The summed E-state index contributed by atoms with van der Waals surface area (Å²) in [6.07, 6.45) is 3.69. The van der Waals surface area contributed by atoms with E-state index in [4.69, 9.17) is 4.42 Å². The van der Waals surface area contributed by atoms with Gasteiger partial charge in [-0.25, -0.2) is 0 Å². The molecule has 0 aliphatic carbocycles. The summed E-state index contributed by atoms with van der Waals surface area (Å²) in [5.41, 5.74) is 2.35. The number of rotatable bonds is 6. The topological polar surface area (TPSA) is 28.4 Å². The van der Waals surface area contributed by atoms with E-state index in [9.17, 15) is 0 Å². The van der Waals surface area contributed by atoms with Crippen LogP contribution < -0.4 is 5.32 Å². The van der Waals surface area contributed by atoms with Gasteiger partial charge < -0.3 is 14.6 Å². The second-order valence-corrected chi connectivity index (χ2v) is 5.58. The molecule has 0 spiro atoms. The lowest BCUT2D eigenvalue weighted by atomic mass is 10.1. The molecule has 1 aliphatic rings. The highest BCUT2D eigenvalue weighted by Crippen LogP contribution is 2.26. The standard InChI is InChI=1S/C17H24N2O/c1-2-16-15(14-7-3-4-8-17(14)20-16)13-18-9-12-19-10-5-6-11-19/h3-4,7-8,18H,2,5-6,9-13H2,1H3. The third-order valence-corrected chi connectivity index (χ3v) is 4.21. The number of nitrogens with one attached hydrogen (secondary N) is 1. The van der Waals surface area contributed by atoms with Crippen molar-refractivity contribution in [2.45, 2.75) is 32.7 Å². The normalized spacial score (nSPS) is 16.2. The molecule has 1 aromatic carbocycles. The summed E-state index contributed by atoms with van der Waals surface area (Å²) in [7, 11) is 0. The molecule has 20 heavy (non-hydrogen) atoms. The van der Waals surface area contributed by atoms with Crippen molar-refractivity contribution >= 4 is 11.0 Å². The zero-order valence-electron chi connectivity index (χ0n) is 12.3. The highest BCUT2D eigenvalue weighted by Gasteiger charge is 2.13. The molecule has 3 heteroatoms. The van der Waals surface area contributed by atoms with Crippen LogP contribution >= 0.6 is 0 Å². The Bertz CT molecular complexity index is 555. The summed E-state index contributed by atoms with van der Waals surface area (Å²) in [5, 5.41) is 4.84. The van der Waals surface area contributed by atoms with Crippen molar-refractivity contribution in [3.05, 3.63) is 35.6 Å². The van der Waals surface area contributed by atoms with E-state index >= 15 is 0 Å². The minimum atomic E-state index is 0.911. The van der Waals surface area contributed by atoms with Crippen LogP contribution in [0.5, 0.6) is 0 Å². The molecule has 0 saturated carbocycles. The number of benzene rings is 1. The third-order valence-electron chi connectivity index (χ3n) is 4.21. The lowest BCUT2D eigenvalue weighted by molar-refractivity contribution is 0.335. The Balaban J connectivity index is 1.61. The molecule has 0 bridgehead atoms. The molecule has 0 radical (unpaired) electrons. The number of aryl methyl sites for hydroxylation is 1. The van der Waals surface area contributed by atoms with E-state index in [0.29, 0.717) is 0 Å². The zero-order chi connectivity index (χ0) is 13.8. The second kappa shape index (κ2) is 6.42. The highest BCUT2D eigenvalue weighted by atomic mass is 16.3. The van der Waals surface area contributed by atoms with Crippen molar-refractivity contribution in [1.29, 1.82) is 0 Å². The molecule has 1 fully saturated rings. The maximum absolute atomic E-state index is 5.93. The Morgan fingerprint density at radius 1 is 1.20 bits per heavy atom. The summed E-state index contributed by atoms with van der Waals surface area (Å²) in [6.45, 7) is 7.84. The van der Waals surface area contributed by atoms with Crippen LogP contribution in [0.1, 0.15) is 31.1 Å². The van der Waals surface area contributed by atoms with Gasteiger partial charge in [0.2, 0.25) is 0 Å². The summed E-state index contributed by atoms with van der Waals surface area (Å²) in [5.74, 6) is 1.12. The van der Waals surface area contributed by atoms with Gasteiger partial charge in [-0.3, -0.25) is 0 Å². The van der Waals surface area contributed by atoms with Gasteiger partial charge in [0, 0.05) is 37.0 Å². The van der Waals surface area contributed by atoms with Crippen molar-refractivity contribution < 1.29 is 4.42 Å². The molecule has 0 atom stereocenters. The predicted molar refractivity (Wildman–Crippen MR) is 83.0 cm³/mol. The van der Waals surface area contributed by atoms with Crippen LogP contribution in [0.4, 0.5) is 0 Å². The van der Waals surface area contributed by atoms with E-state index < -0.39 is 0 Å². The van der Waals surface area contributed by atoms with E-state index in [1.807, 2.05) is 6.07 Å². The molecular formula is C17H24N2O. The number of furan rings is 1. The molecule has 1 saturated heterocycles. The Labute approximate surface area is 120 Å². The van der Waals surface area contributed by atoms with Gasteiger partial charge in [-0.1, -0.05) is 25.1 Å². The van der Waals surface area contributed by atoms with E-state index in [0.717, 1.165) is 37.4 Å². The molecule has 2 aromatic rings. The Kier molecular flexibility index (Phi) is 4.38. The van der Waals surface area contributed by atoms with Gasteiger partial charge in [0.25, 0.3) is 0 Å². The molecule has 1 aliphatic heterocycles. The Hall–Kier alpha value is -1.32. The lowest BCUT2D eigenvalue weighted by Gasteiger charge is -2.14. The van der Waals surface area contributed by atoms with Crippen LogP contribution in [0, 0.1) is 0 Å². The molecule has 108 valence electrons. The van der Waals surface area contributed by atoms with E-state index in [-0.39, 0.29) is 0 Å². The lowest BCUT2D eigenvalue weighted by Crippen LogP contribution is -2.29. The van der Waals surface area contributed by atoms with E-state index in [1.165, 1.54) is 36.9 Å². The minimum Gasteiger partial charge on any atom is -0.461 e. The first-order valence-electron chi connectivity index (χ1n) is 7.81. The molecule has 0 amide bonds. The zero-order valence-corrected chi connectivity index (χ0v) is 12.3. The fraction of sp³-hybridized carbons (Fsp3) is 0.529. The third kappa shape index (κ3) is 2.89. The molecule has 1 aromatic heterocycles. The minimum absolute atomic E-state index is 0.911. The first-order chi connectivity index (χ1) is 9.88. The SMILES string of the molecule is CCc1oc2ccccc2c1CNCCN1CCCC1. The molecular weight excluding hydrogens is 248 g/mol.